The van der Waals surface area contributed by atoms with Crippen LogP contribution in [-0.4, -0.2) is 41.8 Å². The maximum absolute atomic E-state index is 12.8. The molecule has 0 fully saturated rings. The number of rotatable bonds is 7. The zero-order valence-electron chi connectivity index (χ0n) is 15.4. The van der Waals surface area contributed by atoms with E-state index in [1.165, 1.54) is 21.9 Å². The minimum absolute atomic E-state index is 0.0853. The van der Waals surface area contributed by atoms with Crippen LogP contribution in [0.2, 0.25) is 5.15 Å². The normalized spacial score (nSPS) is 11.7. The molecule has 0 radical (unpaired) electrons. The predicted molar refractivity (Wildman–Crippen MR) is 110 cm³/mol. The van der Waals surface area contributed by atoms with Crippen LogP contribution in [0.4, 0.5) is 5.69 Å². The molecule has 0 saturated carbocycles. The second-order valence-electron chi connectivity index (χ2n) is 5.95. The fourth-order valence-electron chi connectivity index (χ4n) is 2.94. The average Bonchev–Trinajstić information content (AvgIpc) is 3.37. The van der Waals surface area contributed by atoms with Gasteiger partial charge in [-0.1, -0.05) is 23.7 Å². The Morgan fingerprint density at radius 1 is 1.28 bits per heavy atom. The molecular formula is C17H16ClN5O4S2. The number of methoxy groups -OCH3 is 2. The highest BCUT2D eigenvalue weighted by molar-refractivity contribution is 7.92. The van der Waals surface area contributed by atoms with E-state index in [1.54, 1.807) is 42.7 Å². The molecule has 3 heterocycles. The Bertz CT molecular complexity index is 1280. The summed E-state index contributed by atoms with van der Waals surface area (Å²) in [6.45, 7) is 0.365. The molecule has 0 spiro atoms. The zero-order valence-corrected chi connectivity index (χ0v) is 17.8. The first-order chi connectivity index (χ1) is 13.9. The van der Waals surface area contributed by atoms with Crippen LogP contribution >= 0.6 is 22.9 Å². The predicted octanol–water partition coefficient (Wildman–Crippen LogP) is 3.11. The summed E-state index contributed by atoms with van der Waals surface area (Å²) in [4.78, 5) is 4.56. The Labute approximate surface area is 175 Å². The van der Waals surface area contributed by atoms with Crippen molar-refractivity contribution >= 4 is 43.6 Å². The Balaban J connectivity index is 1.59. The molecule has 152 valence electrons. The highest BCUT2D eigenvalue weighted by Gasteiger charge is 2.25. The van der Waals surface area contributed by atoms with Crippen molar-refractivity contribution < 1.29 is 17.9 Å². The maximum atomic E-state index is 12.8. The molecule has 0 amide bonds. The van der Waals surface area contributed by atoms with Crippen LogP contribution in [0, 0.1) is 0 Å². The molecule has 0 bridgehead atoms. The molecule has 4 rings (SSSR count). The maximum Gasteiger partial charge on any atom is 0.281 e. The van der Waals surface area contributed by atoms with Crippen LogP contribution in [-0.2, 0) is 16.6 Å². The summed E-state index contributed by atoms with van der Waals surface area (Å²) in [5.74, 6) is 1.20. The van der Waals surface area contributed by atoms with E-state index in [0.29, 0.717) is 28.7 Å². The van der Waals surface area contributed by atoms with E-state index in [4.69, 9.17) is 21.1 Å². The number of thiazole rings is 1. The Morgan fingerprint density at radius 2 is 2.10 bits per heavy atom. The summed E-state index contributed by atoms with van der Waals surface area (Å²) < 4.78 is 41.9. The Morgan fingerprint density at radius 3 is 2.86 bits per heavy atom. The number of benzene rings is 1. The number of para-hydroxylation sites is 1. The van der Waals surface area contributed by atoms with Gasteiger partial charge in [-0.05, 0) is 6.07 Å². The quantitative estimate of drug-likeness (QED) is 0.461. The summed E-state index contributed by atoms with van der Waals surface area (Å²) in [5, 5.41) is 5.76. The van der Waals surface area contributed by atoms with Gasteiger partial charge in [0.05, 0.1) is 32.6 Å². The van der Waals surface area contributed by atoms with E-state index < -0.39 is 10.0 Å². The van der Waals surface area contributed by atoms with Crippen LogP contribution in [0.25, 0.3) is 4.96 Å². The average molecular weight is 454 g/mol. The second-order valence-corrected chi connectivity index (χ2v) is 8.78. The van der Waals surface area contributed by atoms with E-state index >= 15 is 0 Å². The third-order valence-electron chi connectivity index (χ3n) is 4.14. The van der Waals surface area contributed by atoms with Crippen LogP contribution in [0.1, 0.15) is 5.56 Å². The third-order valence-corrected chi connectivity index (χ3v) is 6.67. The van der Waals surface area contributed by atoms with Crippen molar-refractivity contribution in [2.24, 2.45) is 0 Å². The first-order valence-corrected chi connectivity index (χ1v) is 11.0. The van der Waals surface area contributed by atoms with Gasteiger partial charge in [-0.15, -0.1) is 11.3 Å². The van der Waals surface area contributed by atoms with E-state index in [-0.39, 0.29) is 10.2 Å². The molecule has 0 aliphatic rings. The van der Waals surface area contributed by atoms with Gasteiger partial charge in [0.15, 0.2) is 26.6 Å². The largest absolute Gasteiger partial charge is 0.493 e. The van der Waals surface area contributed by atoms with Gasteiger partial charge in [0.1, 0.15) is 0 Å². The number of hydrogen-bond acceptors (Lipinski definition) is 7. The van der Waals surface area contributed by atoms with Crippen LogP contribution in [0.15, 0.2) is 47.2 Å². The van der Waals surface area contributed by atoms with Gasteiger partial charge in [-0.3, -0.25) is 13.8 Å². The van der Waals surface area contributed by atoms with Crippen molar-refractivity contribution in [3.8, 4) is 11.5 Å². The smallest absolute Gasteiger partial charge is 0.281 e. The summed E-state index contributed by atoms with van der Waals surface area (Å²) in [5.41, 5.74) is 1.14. The van der Waals surface area contributed by atoms with Crippen LogP contribution in [0.3, 0.4) is 0 Å². The highest BCUT2D eigenvalue weighted by atomic mass is 35.5. The molecule has 0 saturated heterocycles. The van der Waals surface area contributed by atoms with Gasteiger partial charge in [0, 0.05) is 23.3 Å². The molecule has 0 atom stereocenters. The molecule has 3 aromatic heterocycles. The van der Waals surface area contributed by atoms with Crippen molar-refractivity contribution in [2.75, 3.05) is 18.9 Å². The van der Waals surface area contributed by atoms with E-state index in [0.717, 1.165) is 5.56 Å². The van der Waals surface area contributed by atoms with Crippen LogP contribution in [0.5, 0.6) is 11.5 Å². The molecule has 29 heavy (non-hydrogen) atoms. The molecule has 0 aliphatic heterocycles. The molecule has 9 nitrogen and oxygen atoms in total. The number of nitrogens with zero attached hydrogens (tertiary/aromatic N) is 4. The minimum atomic E-state index is -3.95. The lowest BCUT2D eigenvalue weighted by Crippen LogP contribution is -2.15. The van der Waals surface area contributed by atoms with Crippen molar-refractivity contribution in [3.63, 3.8) is 0 Å². The zero-order chi connectivity index (χ0) is 20.6. The van der Waals surface area contributed by atoms with Crippen LogP contribution < -0.4 is 14.2 Å². The van der Waals surface area contributed by atoms with Gasteiger partial charge in [0.25, 0.3) is 10.0 Å². The number of sulfonamides is 1. The van der Waals surface area contributed by atoms with Crippen molar-refractivity contribution in [3.05, 3.63) is 52.9 Å². The number of imidazole rings is 1. The lowest BCUT2D eigenvalue weighted by atomic mass is 10.2. The summed E-state index contributed by atoms with van der Waals surface area (Å²) in [7, 11) is -0.829. The van der Waals surface area contributed by atoms with Gasteiger partial charge in [-0.2, -0.15) is 13.5 Å². The topological polar surface area (TPSA) is 99.8 Å². The number of ether oxygens (including phenoxy) is 2. The second kappa shape index (κ2) is 7.58. The van der Waals surface area contributed by atoms with Gasteiger partial charge in [0.2, 0.25) is 0 Å². The number of aromatic nitrogens is 4. The van der Waals surface area contributed by atoms with Crippen molar-refractivity contribution in [1.29, 1.82) is 0 Å². The van der Waals surface area contributed by atoms with E-state index in [9.17, 15) is 8.42 Å². The number of hydrogen-bond donors (Lipinski definition) is 1. The third kappa shape index (κ3) is 3.63. The summed E-state index contributed by atoms with van der Waals surface area (Å²) >= 11 is 7.34. The fraction of sp³-hybridized carbons (Fsp3) is 0.176. The number of fused-ring (bicyclic) bond motifs is 1. The van der Waals surface area contributed by atoms with Gasteiger partial charge < -0.3 is 9.47 Å². The van der Waals surface area contributed by atoms with Gasteiger partial charge in [-0.25, -0.2) is 4.98 Å². The lowest BCUT2D eigenvalue weighted by molar-refractivity contribution is 0.350. The standard InChI is InChI=1S/C17H16ClN5O4S2/c1-26-13-5-3-4-11(14(13)27-2)9-22-10-12(8-19-22)21-29(24,25)16-15(18)20-17-23(16)6-7-28-17/h3-8,10,21H,9H2,1-2H3. The first-order valence-electron chi connectivity index (χ1n) is 8.29. The molecule has 12 heteroatoms. The minimum Gasteiger partial charge on any atom is -0.493 e. The Kier molecular flexibility index (Phi) is 5.11. The molecule has 0 unspecified atom stereocenters. The molecule has 4 aromatic rings. The summed E-state index contributed by atoms with van der Waals surface area (Å²) in [6, 6.07) is 5.52. The molecule has 1 N–H and O–H groups in total. The number of nitrogens with one attached hydrogen (secondary N) is 1. The number of anilines is 1. The Hall–Kier alpha value is -2.76. The van der Waals surface area contributed by atoms with Gasteiger partial charge >= 0.3 is 0 Å². The molecular weight excluding hydrogens is 438 g/mol. The lowest BCUT2D eigenvalue weighted by Gasteiger charge is -2.12. The van der Waals surface area contributed by atoms with Crippen molar-refractivity contribution in [2.45, 2.75) is 11.6 Å². The van der Waals surface area contributed by atoms with Crippen molar-refractivity contribution in [1.82, 2.24) is 19.2 Å². The fourth-order valence-corrected chi connectivity index (χ4v) is 5.42. The van der Waals surface area contributed by atoms with E-state index in [2.05, 4.69) is 14.8 Å². The SMILES string of the molecule is COc1cccc(Cn2cc(NS(=O)(=O)c3c(Cl)nc4sccn34)cn2)c1OC. The van der Waals surface area contributed by atoms with E-state index in [1.807, 2.05) is 12.1 Å². The molecule has 1 aromatic carbocycles. The number of halogens is 1. The first kappa shape index (κ1) is 19.6. The highest BCUT2D eigenvalue weighted by Crippen LogP contribution is 2.31. The monoisotopic (exact) mass is 453 g/mol. The summed E-state index contributed by atoms with van der Waals surface area (Å²) in [6.07, 6.45) is 4.60. The molecule has 0 aliphatic carbocycles.